The summed E-state index contributed by atoms with van der Waals surface area (Å²) in [6, 6.07) is 9.21. The van der Waals surface area contributed by atoms with Gasteiger partial charge < -0.3 is 4.74 Å². The summed E-state index contributed by atoms with van der Waals surface area (Å²) in [5.41, 5.74) is 0.947. The largest absolute Gasteiger partial charge is 0.445 e. The molecule has 19 heavy (non-hydrogen) atoms. The predicted octanol–water partition coefficient (Wildman–Crippen LogP) is 2.68. The third-order valence-electron chi connectivity index (χ3n) is 3.17. The van der Waals surface area contributed by atoms with Gasteiger partial charge in [-0.05, 0) is 24.7 Å². The zero-order valence-electron chi connectivity index (χ0n) is 10.9. The van der Waals surface area contributed by atoms with E-state index >= 15 is 0 Å². The first kappa shape index (κ1) is 13.9. The quantitative estimate of drug-likeness (QED) is 0.853. The van der Waals surface area contributed by atoms with Crippen LogP contribution in [0.5, 0.6) is 0 Å². The van der Waals surface area contributed by atoms with Crippen molar-refractivity contribution in [1.82, 2.24) is 4.90 Å². The van der Waals surface area contributed by atoms with Crippen LogP contribution in [0, 0.1) is 0 Å². The van der Waals surface area contributed by atoms with Gasteiger partial charge in [0.05, 0.1) is 0 Å². The van der Waals surface area contributed by atoms with E-state index in [4.69, 9.17) is 4.74 Å². The number of carbonyl (C=O) groups excluding carboxylic acids is 2. The van der Waals surface area contributed by atoms with Crippen LogP contribution in [0.25, 0.3) is 0 Å². The molecule has 0 radical (unpaired) electrons. The van der Waals surface area contributed by atoms with Gasteiger partial charge in [0.15, 0.2) is 0 Å². The molecule has 1 fully saturated rings. The van der Waals surface area contributed by atoms with Crippen molar-refractivity contribution in [3.63, 3.8) is 0 Å². The summed E-state index contributed by atoms with van der Waals surface area (Å²) < 4.78 is 5.26. The fraction of sp³-hybridized carbons (Fsp3) is 0.429. The Labute approximate surface area is 117 Å². The molecule has 1 unspecified atom stereocenters. The highest BCUT2D eigenvalue weighted by atomic mass is 32.2. The molecule has 0 bridgehead atoms. The minimum atomic E-state index is -0.395. The lowest BCUT2D eigenvalue weighted by Gasteiger charge is -2.22. The molecule has 1 aliphatic rings. The number of likely N-dealkylation sites (tertiary alicyclic amines) is 1. The van der Waals surface area contributed by atoms with Crippen LogP contribution in [0.15, 0.2) is 30.3 Å². The van der Waals surface area contributed by atoms with Gasteiger partial charge >= 0.3 is 6.09 Å². The van der Waals surface area contributed by atoms with Crippen molar-refractivity contribution in [2.45, 2.75) is 25.5 Å². The monoisotopic (exact) mass is 279 g/mol. The molecule has 1 heterocycles. The summed E-state index contributed by atoms with van der Waals surface area (Å²) in [6.07, 6.45) is 2.94. The standard InChI is InChI=1S/C14H17NO3S/c1-19-13(16)12-8-5-9-15(12)14(17)18-10-11-6-3-2-4-7-11/h2-4,6-7,12H,5,8-10H2,1H3. The minimum Gasteiger partial charge on any atom is -0.445 e. The van der Waals surface area contributed by atoms with E-state index in [-0.39, 0.29) is 17.8 Å². The summed E-state index contributed by atoms with van der Waals surface area (Å²) in [5.74, 6) is 0. The topological polar surface area (TPSA) is 46.6 Å². The molecule has 1 aromatic rings. The molecule has 0 aromatic heterocycles. The van der Waals surface area contributed by atoms with Crippen LogP contribution < -0.4 is 0 Å². The van der Waals surface area contributed by atoms with Crippen molar-refractivity contribution in [3.8, 4) is 0 Å². The number of hydrogen-bond acceptors (Lipinski definition) is 4. The van der Waals surface area contributed by atoms with Crippen LogP contribution in [0.4, 0.5) is 4.79 Å². The van der Waals surface area contributed by atoms with E-state index in [1.165, 1.54) is 11.8 Å². The SMILES string of the molecule is CSC(=O)C1CCCN1C(=O)OCc1ccccc1. The molecular weight excluding hydrogens is 262 g/mol. The third kappa shape index (κ3) is 3.50. The second-order valence-electron chi connectivity index (χ2n) is 4.41. The Morgan fingerprint density at radius 3 is 2.79 bits per heavy atom. The van der Waals surface area contributed by atoms with Gasteiger partial charge in [0.1, 0.15) is 12.6 Å². The summed E-state index contributed by atoms with van der Waals surface area (Å²) >= 11 is 1.17. The first-order chi connectivity index (χ1) is 9.22. The highest BCUT2D eigenvalue weighted by Gasteiger charge is 2.34. The van der Waals surface area contributed by atoms with Crippen molar-refractivity contribution in [2.24, 2.45) is 0 Å². The molecule has 0 N–H and O–H groups in total. The smallest absolute Gasteiger partial charge is 0.410 e. The molecule has 0 spiro atoms. The number of nitrogens with zero attached hydrogens (tertiary/aromatic N) is 1. The van der Waals surface area contributed by atoms with Crippen LogP contribution in [-0.4, -0.2) is 35.0 Å². The Kier molecular flexibility index (Phi) is 4.85. The van der Waals surface area contributed by atoms with Gasteiger partial charge in [-0.1, -0.05) is 42.1 Å². The lowest BCUT2D eigenvalue weighted by atomic mass is 10.2. The van der Waals surface area contributed by atoms with Crippen LogP contribution in [0.2, 0.25) is 0 Å². The molecule has 0 aliphatic carbocycles. The Bertz CT molecular complexity index is 449. The number of thioether (sulfide) groups is 1. The summed E-state index contributed by atoms with van der Waals surface area (Å²) in [6.45, 7) is 0.848. The van der Waals surface area contributed by atoms with E-state index in [1.807, 2.05) is 30.3 Å². The number of amides is 1. The van der Waals surface area contributed by atoms with Crippen molar-refractivity contribution in [3.05, 3.63) is 35.9 Å². The summed E-state index contributed by atoms with van der Waals surface area (Å²) in [5, 5.41) is 0.0363. The molecule has 4 nitrogen and oxygen atoms in total. The molecule has 1 saturated heterocycles. The van der Waals surface area contributed by atoms with Crippen molar-refractivity contribution in [2.75, 3.05) is 12.8 Å². The van der Waals surface area contributed by atoms with Crippen LogP contribution in [0.3, 0.4) is 0 Å². The lowest BCUT2D eigenvalue weighted by Crippen LogP contribution is -2.39. The fourth-order valence-electron chi connectivity index (χ4n) is 2.17. The molecule has 1 aliphatic heterocycles. The maximum absolute atomic E-state index is 12.0. The third-order valence-corrected chi connectivity index (χ3v) is 3.84. The average Bonchev–Trinajstić information content (AvgIpc) is 2.94. The van der Waals surface area contributed by atoms with Gasteiger partial charge in [0.25, 0.3) is 0 Å². The Balaban J connectivity index is 1.90. The summed E-state index contributed by atoms with van der Waals surface area (Å²) in [7, 11) is 0. The Morgan fingerprint density at radius 2 is 2.11 bits per heavy atom. The van der Waals surface area contributed by atoms with Crippen LogP contribution in [-0.2, 0) is 16.1 Å². The van der Waals surface area contributed by atoms with Crippen molar-refractivity contribution >= 4 is 23.0 Å². The van der Waals surface area contributed by atoms with Gasteiger partial charge in [-0.15, -0.1) is 0 Å². The first-order valence-corrected chi connectivity index (χ1v) is 7.50. The van der Waals surface area contributed by atoms with Gasteiger partial charge in [0, 0.05) is 6.54 Å². The first-order valence-electron chi connectivity index (χ1n) is 6.27. The predicted molar refractivity (Wildman–Crippen MR) is 74.9 cm³/mol. The zero-order chi connectivity index (χ0) is 13.7. The van der Waals surface area contributed by atoms with Crippen molar-refractivity contribution in [1.29, 1.82) is 0 Å². The van der Waals surface area contributed by atoms with Gasteiger partial charge in [-0.3, -0.25) is 9.69 Å². The zero-order valence-corrected chi connectivity index (χ0v) is 11.7. The van der Waals surface area contributed by atoms with Gasteiger partial charge in [-0.2, -0.15) is 0 Å². The molecule has 0 saturated carbocycles. The van der Waals surface area contributed by atoms with E-state index in [2.05, 4.69) is 0 Å². The average molecular weight is 279 g/mol. The molecule has 5 heteroatoms. The number of benzene rings is 1. The van der Waals surface area contributed by atoms with E-state index in [1.54, 1.807) is 11.2 Å². The van der Waals surface area contributed by atoms with Gasteiger partial charge in [0.2, 0.25) is 5.12 Å². The molecule has 1 amide bonds. The second-order valence-corrected chi connectivity index (χ2v) is 5.23. The minimum absolute atomic E-state index is 0.0363. The number of rotatable bonds is 3. The fourth-order valence-corrected chi connectivity index (χ4v) is 2.69. The van der Waals surface area contributed by atoms with Gasteiger partial charge in [-0.25, -0.2) is 4.79 Å². The van der Waals surface area contributed by atoms with E-state index < -0.39 is 6.09 Å². The molecule has 1 aromatic carbocycles. The molecule has 1 atom stereocenters. The van der Waals surface area contributed by atoms with E-state index in [0.717, 1.165) is 18.4 Å². The highest BCUT2D eigenvalue weighted by molar-refractivity contribution is 8.13. The molecule has 2 rings (SSSR count). The number of ether oxygens (including phenoxy) is 1. The normalized spacial score (nSPS) is 18.4. The molecular formula is C14H17NO3S. The number of hydrogen-bond donors (Lipinski definition) is 0. The Morgan fingerprint density at radius 1 is 1.37 bits per heavy atom. The second kappa shape index (κ2) is 6.61. The number of carbonyl (C=O) groups is 2. The Hall–Kier alpha value is -1.49. The molecule has 102 valence electrons. The lowest BCUT2D eigenvalue weighted by molar-refractivity contribution is -0.114. The van der Waals surface area contributed by atoms with Crippen LogP contribution in [0.1, 0.15) is 18.4 Å². The van der Waals surface area contributed by atoms with Crippen molar-refractivity contribution < 1.29 is 14.3 Å². The maximum atomic E-state index is 12.0. The summed E-state index contributed by atoms with van der Waals surface area (Å²) in [4.78, 5) is 25.3. The van der Waals surface area contributed by atoms with Crippen LogP contribution >= 0.6 is 11.8 Å². The maximum Gasteiger partial charge on any atom is 0.410 e. The van der Waals surface area contributed by atoms with E-state index in [0.29, 0.717) is 6.54 Å². The highest BCUT2D eigenvalue weighted by Crippen LogP contribution is 2.22. The van der Waals surface area contributed by atoms with E-state index in [9.17, 15) is 9.59 Å².